The van der Waals surface area contributed by atoms with Crippen molar-refractivity contribution < 1.29 is 4.79 Å². The number of nitrogens with zero attached hydrogens (tertiary/aromatic N) is 2. The zero-order chi connectivity index (χ0) is 11.4. The summed E-state index contributed by atoms with van der Waals surface area (Å²) in [4.78, 5) is 15.9. The molecule has 0 saturated carbocycles. The van der Waals surface area contributed by atoms with Crippen molar-refractivity contribution in [3.8, 4) is 0 Å². The lowest BCUT2D eigenvalue weighted by atomic mass is 10.2. The summed E-state index contributed by atoms with van der Waals surface area (Å²) >= 11 is 0. The van der Waals surface area contributed by atoms with Crippen LogP contribution in [0.2, 0.25) is 0 Å². The van der Waals surface area contributed by atoms with Crippen molar-refractivity contribution in [1.82, 2.24) is 10.4 Å². The number of benzene rings is 1. The summed E-state index contributed by atoms with van der Waals surface area (Å²) in [6.45, 7) is 0. The summed E-state index contributed by atoms with van der Waals surface area (Å²) in [5, 5.41) is 4.28. The van der Waals surface area contributed by atoms with Gasteiger partial charge in [-0.15, -0.1) is 5.10 Å². The first-order valence-electron chi connectivity index (χ1n) is 4.37. The van der Waals surface area contributed by atoms with E-state index in [1.807, 2.05) is 6.07 Å². The molecule has 0 spiro atoms. The highest BCUT2D eigenvalue weighted by molar-refractivity contribution is 7.69. The molecule has 0 aliphatic heterocycles. The maximum Gasteiger partial charge on any atom is 0.271 e. The van der Waals surface area contributed by atoms with E-state index in [4.69, 9.17) is 5.73 Å². The highest BCUT2D eigenvalue weighted by Crippen LogP contribution is 2.06. The van der Waals surface area contributed by atoms with E-state index in [-0.39, 0.29) is 5.91 Å². The maximum absolute atomic E-state index is 11.6. The fourth-order valence-corrected chi connectivity index (χ4v) is 2.38. The number of rotatable bonds is 2. The van der Waals surface area contributed by atoms with E-state index in [9.17, 15) is 4.79 Å². The fraction of sp³-hybridized carbons (Fsp3) is 0. The van der Waals surface area contributed by atoms with E-state index in [1.54, 1.807) is 24.3 Å². The number of anilines is 1. The van der Waals surface area contributed by atoms with Crippen LogP contribution in [0, 0.1) is 0 Å². The Morgan fingerprint density at radius 1 is 1.31 bits per heavy atom. The van der Waals surface area contributed by atoms with Crippen LogP contribution in [0.1, 0.15) is 10.4 Å². The molecule has 0 aliphatic carbocycles. The van der Waals surface area contributed by atoms with E-state index in [2.05, 4.69) is 15.5 Å². The normalized spacial score (nSPS) is 11.4. The van der Waals surface area contributed by atoms with Crippen molar-refractivity contribution >= 4 is 31.7 Å². The first-order valence-corrected chi connectivity index (χ1v) is 6.52. The topological polar surface area (TPSA) is 80.4 Å². The minimum absolute atomic E-state index is 0.264. The lowest BCUT2D eigenvalue weighted by Crippen LogP contribution is -2.20. The van der Waals surface area contributed by atoms with Crippen molar-refractivity contribution in [3.05, 3.63) is 40.7 Å². The van der Waals surface area contributed by atoms with Crippen molar-refractivity contribution in [2.75, 3.05) is 5.73 Å². The van der Waals surface area contributed by atoms with Crippen molar-refractivity contribution in [3.63, 3.8) is 0 Å². The molecule has 1 heterocycles. The van der Waals surface area contributed by atoms with E-state index >= 15 is 0 Å². The Balaban J connectivity index is 2.10. The molecule has 7 heteroatoms. The van der Waals surface area contributed by atoms with Gasteiger partial charge < -0.3 is 5.73 Å². The Morgan fingerprint density at radius 3 is 2.69 bits per heavy atom. The minimum Gasteiger partial charge on any atom is -0.374 e. The van der Waals surface area contributed by atoms with Gasteiger partial charge >= 0.3 is 0 Å². The molecule has 0 bridgehead atoms. The Bertz CT molecular complexity index is 546. The predicted octanol–water partition coefficient (Wildman–Crippen LogP) is 1.03. The summed E-state index contributed by atoms with van der Waals surface area (Å²) in [5.74, 6) is -0.264. The summed E-state index contributed by atoms with van der Waals surface area (Å²) < 4.78 is 0. The number of nitrogens with two attached hydrogens (primary N) is 1. The van der Waals surface area contributed by atoms with Crippen LogP contribution in [-0.2, 0) is 0 Å². The van der Waals surface area contributed by atoms with Crippen molar-refractivity contribution in [2.45, 2.75) is 0 Å². The molecular weight excluding hydrogens is 244 g/mol. The van der Waals surface area contributed by atoms with Crippen molar-refractivity contribution in [2.24, 2.45) is 5.10 Å². The summed E-state index contributed by atoms with van der Waals surface area (Å²) in [7, 11) is 2.63. The van der Waals surface area contributed by atoms with Gasteiger partial charge in [0, 0.05) is 5.56 Å². The summed E-state index contributed by atoms with van der Waals surface area (Å²) in [5.41, 5.74) is 8.41. The van der Waals surface area contributed by atoms with Crippen LogP contribution < -0.4 is 16.0 Å². The lowest BCUT2D eigenvalue weighted by molar-refractivity contribution is 0.0953. The van der Waals surface area contributed by atoms with Crippen LogP contribution in [0.15, 0.2) is 35.4 Å². The number of nitrogen functional groups attached to an aromatic ring is 1. The molecule has 0 saturated heterocycles. The molecule has 3 N–H and O–H groups in total. The zero-order valence-corrected chi connectivity index (χ0v) is 9.72. The second-order valence-electron chi connectivity index (χ2n) is 2.82. The number of carbonyl (C=O) groups is 1. The van der Waals surface area contributed by atoms with Gasteiger partial charge in [-0.3, -0.25) is 4.79 Å². The average molecular weight is 252 g/mol. The van der Waals surface area contributed by atoms with Gasteiger partial charge in [0.2, 0.25) is 4.80 Å². The zero-order valence-electron chi connectivity index (χ0n) is 8.08. The van der Waals surface area contributed by atoms with Gasteiger partial charge in [0.25, 0.3) is 5.91 Å². The van der Waals surface area contributed by atoms with Crippen LogP contribution in [0.25, 0.3) is 0 Å². The molecule has 2 rings (SSSR count). The van der Waals surface area contributed by atoms with Gasteiger partial charge in [-0.05, 0) is 32.8 Å². The van der Waals surface area contributed by atoms with E-state index in [1.165, 1.54) is 20.7 Å². The second kappa shape index (κ2) is 4.86. The smallest absolute Gasteiger partial charge is 0.271 e. The Hall–Kier alpha value is -1.73. The molecule has 1 aromatic heterocycles. The molecule has 0 aliphatic rings. The monoisotopic (exact) mass is 252 g/mol. The van der Waals surface area contributed by atoms with Crippen LogP contribution in [-0.4, -0.2) is 10.9 Å². The number of aromatic nitrogens is 1. The van der Waals surface area contributed by atoms with Crippen LogP contribution in [0.5, 0.6) is 0 Å². The Kier molecular flexibility index (Phi) is 3.28. The number of amides is 1. The summed E-state index contributed by atoms with van der Waals surface area (Å²) in [6.07, 6.45) is 0. The van der Waals surface area contributed by atoms with E-state index in [0.717, 1.165) is 0 Å². The third kappa shape index (κ3) is 2.65. The third-order valence-electron chi connectivity index (χ3n) is 1.70. The maximum atomic E-state index is 11.6. The first-order chi connectivity index (χ1) is 7.75. The highest BCUT2D eigenvalue weighted by Gasteiger charge is 2.02. The third-order valence-corrected chi connectivity index (χ3v) is 3.58. The number of nitrogens with one attached hydrogen (secondary N) is 1. The molecule has 1 aromatic carbocycles. The predicted molar refractivity (Wildman–Crippen MR) is 63.9 cm³/mol. The van der Waals surface area contributed by atoms with Gasteiger partial charge in [0.15, 0.2) is 5.13 Å². The second-order valence-corrected chi connectivity index (χ2v) is 4.93. The van der Waals surface area contributed by atoms with Crippen LogP contribution in [0.4, 0.5) is 5.13 Å². The molecule has 0 unspecified atom stereocenters. The van der Waals surface area contributed by atoms with Gasteiger partial charge in [-0.25, -0.2) is 5.43 Å². The molecule has 2 aromatic rings. The van der Waals surface area contributed by atoms with Crippen LogP contribution >= 0.6 is 20.7 Å². The van der Waals surface area contributed by atoms with Crippen molar-refractivity contribution in [1.29, 1.82) is 0 Å². The Morgan fingerprint density at radius 2 is 2.06 bits per heavy atom. The standard InChI is InChI=1S/C9H8N4OS2/c10-8-11-9(16-15-8)13-12-7(14)6-4-2-1-3-5-6/h1-5H,(H,12,14)(H2,10,11,13). The number of hydrogen-bond acceptors (Lipinski definition) is 6. The average Bonchev–Trinajstić information content (AvgIpc) is 2.73. The highest BCUT2D eigenvalue weighted by atomic mass is 32.9. The van der Waals surface area contributed by atoms with E-state index in [0.29, 0.717) is 15.5 Å². The molecule has 82 valence electrons. The fourth-order valence-electron chi connectivity index (χ4n) is 1.01. The van der Waals surface area contributed by atoms with Gasteiger partial charge in [0.05, 0.1) is 0 Å². The molecular formula is C9H8N4OS2. The lowest BCUT2D eigenvalue weighted by Gasteiger charge is -1.96. The first kappa shape index (κ1) is 10.8. The SMILES string of the molecule is Nc1n/c(=N/NC(=O)c2ccccc2)ss1. The molecule has 1 amide bonds. The largest absolute Gasteiger partial charge is 0.374 e. The molecule has 0 fully saturated rings. The molecule has 0 atom stereocenters. The van der Waals surface area contributed by atoms with E-state index < -0.39 is 0 Å². The summed E-state index contributed by atoms with van der Waals surface area (Å²) in [6, 6.07) is 8.85. The quantitative estimate of drug-likeness (QED) is 0.619. The molecule has 0 radical (unpaired) electrons. The van der Waals surface area contributed by atoms with Gasteiger partial charge in [-0.2, -0.15) is 4.98 Å². The van der Waals surface area contributed by atoms with Crippen LogP contribution in [0.3, 0.4) is 0 Å². The molecule has 16 heavy (non-hydrogen) atoms. The minimum atomic E-state index is -0.264. The van der Waals surface area contributed by atoms with Gasteiger partial charge in [0.1, 0.15) is 0 Å². The molecule has 5 nitrogen and oxygen atoms in total. The number of hydrogen-bond donors (Lipinski definition) is 2. The Labute approximate surface area is 98.7 Å². The van der Waals surface area contributed by atoms with Gasteiger partial charge in [-0.1, -0.05) is 18.2 Å². The number of carbonyl (C=O) groups excluding carboxylic acids is 1.